The van der Waals surface area contributed by atoms with E-state index in [2.05, 4.69) is 53.4 Å². The highest BCUT2D eigenvalue weighted by Gasteiger charge is 2.30. The molecule has 180 valence electrons. The van der Waals surface area contributed by atoms with Crippen molar-refractivity contribution < 1.29 is 13.2 Å². The third kappa shape index (κ3) is 3.59. The molecule has 2 aromatic heterocycles. The van der Waals surface area contributed by atoms with Crippen LogP contribution in [0.3, 0.4) is 0 Å². The van der Waals surface area contributed by atoms with Crippen molar-refractivity contribution in [2.45, 2.75) is 6.18 Å². The van der Waals surface area contributed by atoms with Crippen LogP contribution in [-0.2, 0) is 6.18 Å². The molecule has 0 aliphatic heterocycles. The first-order valence-electron chi connectivity index (χ1n) is 11.8. The molecule has 7 rings (SSSR count). The first kappa shape index (κ1) is 22.3. The number of anilines is 3. The Morgan fingerprint density at radius 3 is 1.43 bits per heavy atom. The smallest absolute Gasteiger partial charge is 0.308 e. The van der Waals surface area contributed by atoms with E-state index in [0.717, 1.165) is 31.5 Å². The number of rotatable bonds is 3. The standard InChI is InChI=1S/C31H18F3NS2/c32-31(33,34)19-15-17-20(18-16-19)35(25-11-5-9-23-21-7-1-3-13-27(21)36-29(23)25)26-12-6-10-24-22-8-2-4-14-28(22)37-30(24)26/h1-18H. The molecule has 1 nitrogen and oxygen atoms in total. The number of alkyl halides is 3. The van der Waals surface area contributed by atoms with Crippen LogP contribution >= 0.6 is 22.7 Å². The predicted molar refractivity (Wildman–Crippen MR) is 152 cm³/mol. The second-order valence-corrected chi connectivity index (χ2v) is 11.0. The van der Waals surface area contributed by atoms with E-state index in [1.54, 1.807) is 34.8 Å². The molecule has 0 N–H and O–H groups in total. The Bertz CT molecular complexity index is 1820. The largest absolute Gasteiger partial charge is 0.416 e. The van der Waals surface area contributed by atoms with E-state index >= 15 is 0 Å². The van der Waals surface area contributed by atoms with Crippen molar-refractivity contribution in [3.8, 4) is 0 Å². The van der Waals surface area contributed by atoms with Crippen LogP contribution in [0.5, 0.6) is 0 Å². The van der Waals surface area contributed by atoms with Gasteiger partial charge >= 0.3 is 6.18 Å². The molecule has 0 amide bonds. The van der Waals surface area contributed by atoms with E-state index in [-0.39, 0.29) is 0 Å². The van der Waals surface area contributed by atoms with E-state index in [4.69, 9.17) is 0 Å². The van der Waals surface area contributed by atoms with Crippen molar-refractivity contribution in [1.29, 1.82) is 0 Å². The van der Waals surface area contributed by atoms with Crippen molar-refractivity contribution in [2.24, 2.45) is 0 Å². The summed E-state index contributed by atoms with van der Waals surface area (Å²) in [6.07, 6.45) is -4.39. The van der Waals surface area contributed by atoms with Crippen LogP contribution in [0.2, 0.25) is 0 Å². The summed E-state index contributed by atoms with van der Waals surface area (Å²) in [7, 11) is 0. The third-order valence-corrected chi connectivity index (χ3v) is 9.12. The second kappa shape index (κ2) is 8.33. The van der Waals surface area contributed by atoms with Gasteiger partial charge in [-0.3, -0.25) is 0 Å². The minimum atomic E-state index is -4.39. The van der Waals surface area contributed by atoms with Gasteiger partial charge in [0, 0.05) is 36.6 Å². The number of thiophene rings is 2. The quantitative estimate of drug-likeness (QED) is 0.222. The fourth-order valence-corrected chi connectivity index (χ4v) is 7.44. The van der Waals surface area contributed by atoms with Crippen LogP contribution in [0.15, 0.2) is 109 Å². The molecule has 0 atom stereocenters. The van der Waals surface area contributed by atoms with Crippen molar-refractivity contribution in [3.05, 3.63) is 115 Å². The normalized spacial score (nSPS) is 12.2. The average Bonchev–Trinajstić information content (AvgIpc) is 3.48. The van der Waals surface area contributed by atoms with Gasteiger partial charge in [-0.1, -0.05) is 60.7 Å². The van der Waals surface area contributed by atoms with Crippen molar-refractivity contribution in [2.75, 3.05) is 4.90 Å². The second-order valence-electron chi connectivity index (χ2n) is 8.88. The summed E-state index contributed by atoms with van der Waals surface area (Å²) < 4.78 is 44.8. The SMILES string of the molecule is FC(F)(F)c1ccc(N(c2cccc3c2sc2ccccc23)c2cccc3c2sc2ccccc23)cc1. The molecule has 0 fully saturated rings. The summed E-state index contributed by atoms with van der Waals surface area (Å²) in [5.74, 6) is 0. The van der Waals surface area contributed by atoms with Gasteiger partial charge in [0.25, 0.3) is 0 Å². The molecular weight excluding hydrogens is 507 g/mol. The minimum absolute atomic E-state index is 0.656. The Labute approximate surface area is 218 Å². The molecule has 0 saturated heterocycles. The predicted octanol–water partition coefficient (Wildman–Crippen LogP) is 10.9. The van der Waals surface area contributed by atoms with Gasteiger partial charge in [-0.15, -0.1) is 22.7 Å². The summed E-state index contributed by atoms with van der Waals surface area (Å²) in [6, 6.07) is 34.5. The van der Waals surface area contributed by atoms with E-state index in [0.29, 0.717) is 5.69 Å². The Morgan fingerprint density at radius 2 is 0.946 bits per heavy atom. The van der Waals surface area contributed by atoms with E-state index in [1.165, 1.54) is 32.3 Å². The van der Waals surface area contributed by atoms with Gasteiger partial charge in [0.2, 0.25) is 0 Å². The van der Waals surface area contributed by atoms with E-state index < -0.39 is 11.7 Å². The molecule has 0 spiro atoms. The van der Waals surface area contributed by atoms with Crippen LogP contribution in [-0.4, -0.2) is 0 Å². The lowest BCUT2D eigenvalue weighted by Gasteiger charge is -2.27. The number of benzene rings is 5. The molecule has 7 aromatic rings. The van der Waals surface area contributed by atoms with Crippen LogP contribution in [0.4, 0.5) is 30.2 Å². The Morgan fingerprint density at radius 1 is 0.486 bits per heavy atom. The molecule has 5 aromatic carbocycles. The van der Waals surface area contributed by atoms with Crippen molar-refractivity contribution >= 4 is 80.1 Å². The molecule has 2 heterocycles. The summed E-state index contributed by atoms with van der Waals surface area (Å²) in [4.78, 5) is 2.11. The summed E-state index contributed by atoms with van der Waals surface area (Å²) in [5, 5.41) is 4.63. The van der Waals surface area contributed by atoms with Gasteiger partial charge in [0.15, 0.2) is 0 Å². The molecule has 37 heavy (non-hydrogen) atoms. The number of hydrogen-bond acceptors (Lipinski definition) is 3. The van der Waals surface area contributed by atoms with Gasteiger partial charge in [-0.05, 0) is 48.5 Å². The van der Waals surface area contributed by atoms with Crippen LogP contribution < -0.4 is 4.90 Å². The average molecular weight is 526 g/mol. The fourth-order valence-electron chi connectivity index (χ4n) is 5.02. The monoisotopic (exact) mass is 525 g/mol. The highest BCUT2D eigenvalue weighted by Crippen LogP contribution is 2.48. The zero-order valence-electron chi connectivity index (χ0n) is 19.3. The summed E-state index contributed by atoms with van der Waals surface area (Å²) in [5.41, 5.74) is 1.92. The van der Waals surface area contributed by atoms with E-state index in [9.17, 15) is 13.2 Å². The van der Waals surface area contributed by atoms with Crippen LogP contribution in [0, 0.1) is 0 Å². The number of hydrogen-bond donors (Lipinski definition) is 0. The number of nitrogens with zero attached hydrogens (tertiary/aromatic N) is 1. The lowest BCUT2D eigenvalue weighted by molar-refractivity contribution is -0.137. The maximum Gasteiger partial charge on any atom is 0.416 e. The first-order chi connectivity index (χ1) is 18.0. The molecule has 0 bridgehead atoms. The molecule has 0 aliphatic carbocycles. The van der Waals surface area contributed by atoms with Gasteiger partial charge in [0.05, 0.1) is 26.3 Å². The number of fused-ring (bicyclic) bond motifs is 6. The number of halogens is 3. The van der Waals surface area contributed by atoms with E-state index in [1.807, 2.05) is 36.4 Å². The van der Waals surface area contributed by atoms with Crippen molar-refractivity contribution in [3.63, 3.8) is 0 Å². The molecule has 0 radical (unpaired) electrons. The Hall–Kier alpha value is -3.87. The van der Waals surface area contributed by atoms with Crippen molar-refractivity contribution in [1.82, 2.24) is 0 Å². The van der Waals surface area contributed by atoms with Gasteiger partial charge in [0.1, 0.15) is 0 Å². The Kier molecular flexibility index (Phi) is 5.03. The van der Waals surface area contributed by atoms with Crippen LogP contribution in [0.1, 0.15) is 5.56 Å². The van der Waals surface area contributed by atoms with Gasteiger partial charge in [-0.25, -0.2) is 0 Å². The molecule has 0 saturated carbocycles. The summed E-state index contributed by atoms with van der Waals surface area (Å²) >= 11 is 3.41. The summed E-state index contributed by atoms with van der Waals surface area (Å²) in [6.45, 7) is 0. The maximum atomic E-state index is 13.4. The minimum Gasteiger partial charge on any atom is -0.308 e. The van der Waals surface area contributed by atoms with Crippen LogP contribution in [0.25, 0.3) is 40.3 Å². The lowest BCUT2D eigenvalue weighted by Crippen LogP contribution is -2.11. The topological polar surface area (TPSA) is 3.24 Å². The highest BCUT2D eigenvalue weighted by molar-refractivity contribution is 7.27. The Balaban J connectivity index is 1.54. The zero-order chi connectivity index (χ0) is 25.1. The zero-order valence-corrected chi connectivity index (χ0v) is 20.9. The highest BCUT2D eigenvalue weighted by atomic mass is 32.1. The molecule has 6 heteroatoms. The molecule has 0 aliphatic rings. The van der Waals surface area contributed by atoms with Gasteiger partial charge in [-0.2, -0.15) is 13.2 Å². The maximum absolute atomic E-state index is 13.4. The lowest BCUT2D eigenvalue weighted by atomic mass is 10.1. The fraction of sp³-hybridized carbons (Fsp3) is 0.0323. The van der Waals surface area contributed by atoms with Gasteiger partial charge < -0.3 is 4.90 Å². The molecule has 0 unspecified atom stereocenters. The first-order valence-corrected chi connectivity index (χ1v) is 13.4. The third-order valence-electron chi connectivity index (χ3n) is 6.70. The molecular formula is C31H18F3NS2.